The van der Waals surface area contributed by atoms with Crippen molar-refractivity contribution in [3.63, 3.8) is 0 Å². The first-order valence-corrected chi connectivity index (χ1v) is 2.88. The molecule has 1 heterocycles. The average molecular weight is 150 g/mol. The Morgan fingerprint density at radius 3 is 2.83 bits per heavy atom. The number of hydrogen-bond acceptors (Lipinski definition) is 1. The smallest absolute Gasteiger partial charge is 0.0978 e. The lowest BCUT2D eigenvalue weighted by Crippen LogP contribution is -2.16. The van der Waals surface area contributed by atoms with Crippen molar-refractivity contribution in [2.75, 3.05) is 6.54 Å². The summed E-state index contributed by atoms with van der Waals surface area (Å²) >= 11 is 3.31. The van der Waals surface area contributed by atoms with Crippen LogP contribution in [0.2, 0.25) is 0 Å². The fourth-order valence-electron chi connectivity index (χ4n) is 0.412. The first-order chi connectivity index (χ1) is 2.89. The Morgan fingerprint density at radius 1 is 1.83 bits per heavy atom. The maximum Gasteiger partial charge on any atom is 0.0978 e. The zero-order chi connectivity index (χ0) is 4.41. The van der Waals surface area contributed by atoms with Crippen molar-refractivity contribution in [1.82, 2.24) is 10.9 Å². The van der Waals surface area contributed by atoms with Crippen LogP contribution in [0.1, 0.15) is 6.42 Å². The van der Waals surface area contributed by atoms with Crippen molar-refractivity contribution in [3.8, 4) is 0 Å². The number of alkyl halides is 1. The maximum absolute atomic E-state index is 3.90. The van der Waals surface area contributed by atoms with Gasteiger partial charge < -0.3 is 0 Å². The molecule has 1 fully saturated rings. The molecule has 0 aliphatic carbocycles. The topological polar surface area (TPSA) is 26.1 Å². The zero-order valence-corrected chi connectivity index (χ0v) is 4.90. The third-order valence-electron chi connectivity index (χ3n) is 0.726. The van der Waals surface area contributed by atoms with Crippen LogP contribution in [-0.2, 0) is 0 Å². The molecule has 1 N–H and O–H groups in total. The molecule has 35 valence electrons. The summed E-state index contributed by atoms with van der Waals surface area (Å²) in [6, 6.07) is 0. The van der Waals surface area contributed by atoms with Crippen molar-refractivity contribution in [2.24, 2.45) is 0 Å². The molecule has 6 heavy (non-hydrogen) atoms. The van der Waals surface area contributed by atoms with Gasteiger partial charge >= 0.3 is 0 Å². The van der Waals surface area contributed by atoms with Crippen LogP contribution in [0.5, 0.6) is 0 Å². The largest absolute Gasteiger partial charge is 0.239 e. The van der Waals surface area contributed by atoms with Crippen molar-refractivity contribution in [3.05, 3.63) is 0 Å². The lowest BCUT2D eigenvalue weighted by molar-refractivity contribution is 0.657. The van der Waals surface area contributed by atoms with Crippen molar-refractivity contribution in [1.29, 1.82) is 0 Å². The molecular formula is C3H6BrN2. The third kappa shape index (κ3) is 0.929. The molecule has 0 saturated carbocycles. The van der Waals surface area contributed by atoms with Gasteiger partial charge in [0.1, 0.15) is 0 Å². The SMILES string of the molecule is BrC1CCN[N]1. The molecular weight excluding hydrogens is 144 g/mol. The van der Waals surface area contributed by atoms with E-state index in [1.807, 2.05) is 0 Å². The highest BCUT2D eigenvalue weighted by molar-refractivity contribution is 9.09. The molecule has 1 aliphatic rings. The van der Waals surface area contributed by atoms with Gasteiger partial charge in [-0.05, 0) is 6.42 Å². The minimum Gasteiger partial charge on any atom is -0.239 e. The van der Waals surface area contributed by atoms with Crippen molar-refractivity contribution < 1.29 is 0 Å². The highest BCUT2D eigenvalue weighted by Gasteiger charge is 2.08. The molecule has 0 aromatic carbocycles. The van der Waals surface area contributed by atoms with Crippen LogP contribution in [0.4, 0.5) is 0 Å². The van der Waals surface area contributed by atoms with E-state index in [-0.39, 0.29) is 0 Å². The van der Waals surface area contributed by atoms with Crippen LogP contribution in [0, 0.1) is 0 Å². The van der Waals surface area contributed by atoms with E-state index in [1.165, 1.54) is 0 Å². The Labute approximate surface area is 45.4 Å². The average Bonchev–Trinajstić information content (AvgIpc) is 1.86. The summed E-state index contributed by atoms with van der Waals surface area (Å²) in [6.45, 7) is 1.02. The fraction of sp³-hybridized carbons (Fsp3) is 1.00. The number of nitrogens with one attached hydrogen (secondary N) is 1. The summed E-state index contributed by atoms with van der Waals surface area (Å²) in [5.74, 6) is 0. The normalized spacial score (nSPS) is 34.5. The van der Waals surface area contributed by atoms with Gasteiger partial charge in [-0.25, -0.2) is 5.43 Å². The van der Waals surface area contributed by atoms with Gasteiger partial charge in [0.2, 0.25) is 0 Å². The molecule has 0 spiro atoms. The van der Waals surface area contributed by atoms with Gasteiger partial charge in [0.15, 0.2) is 0 Å². The van der Waals surface area contributed by atoms with E-state index >= 15 is 0 Å². The van der Waals surface area contributed by atoms with Crippen LogP contribution in [-0.4, -0.2) is 11.5 Å². The maximum atomic E-state index is 3.90. The van der Waals surface area contributed by atoms with Gasteiger partial charge in [-0.15, -0.1) is 5.43 Å². The molecule has 0 aromatic heterocycles. The second kappa shape index (κ2) is 1.91. The van der Waals surface area contributed by atoms with E-state index in [2.05, 4.69) is 26.8 Å². The molecule has 2 nitrogen and oxygen atoms in total. The van der Waals surface area contributed by atoms with Gasteiger partial charge in [0.05, 0.1) is 4.95 Å². The predicted octanol–water partition coefficient (Wildman–Crippen LogP) is 0.220. The third-order valence-corrected chi connectivity index (χ3v) is 1.39. The standard InChI is InChI=1S/C3H6BrN2/c4-3-1-2-5-6-3/h3,5H,1-2H2. The minimum absolute atomic E-state index is 0.373. The van der Waals surface area contributed by atoms with E-state index in [9.17, 15) is 0 Å². The zero-order valence-electron chi connectivity index (χ0n) is 3.32. The van der Waals surface area contributed by atoms with Crippen molar-refractivity contribution in [2.45, 2.75) is 11.4 Å². The van der Waals surface area contributed by atoms with Gasteiger partial charge in [-0.3, -0.25) is 0 Å². The molecule has 0 aromatic rings. The number of halogens is 1. The first kappa shape index (κ1) is 4.56. The van der Waals surface area contributed by atoms with Crippen molar-refractivity contribution >= 4 is 15.9 Å². The molecule has 1 aliphatic heterocycles. The van der Waals surface area contributed by atoms with Crippen LogP contribution in [0.3, 0.4) is 0 Å². The Kier molecular flexibility index (Phi) is 1.45. The molecule has 3 heteroatoms. The lowest BCUT2D eigenvalue weighted by atomic mass is 10.5. The summed E-state index contributed by atoms with van der Waals surface area (Å²) in [5, 5.41) is 0. The monoisotopic (exact) mass is 149 g/mol. The van der Waals surface area contributed by atoms with E-state index in [4.69, 9.17) is 0 Å². The Hall–Kier alpha value is 0.400. The summed E-state index contributed by atoms with van der Waals surface area (Å²) < 4.78 is 0. The molecule has 1 rings (SSSR count). The molecule has 1 saturated heterocycles. The fourth-order valence-corrected chi connectivity index (χ4v) is 0.786. The van der Waals surface area contributed by atoms with Gasteiger partial charge in [-0.1, -0.05) is 15.9 Å². The molecule has 1 atom stereocenters. The van der Waals surface area contributed by atoms with E-state index < -0.39 is 0 Å². The molecule has 1 unspecified atom stereocenters. The number of hydrogen-bond donors (Lipinski definition) is 1. The van der Waals surface area contributed by atoms with Crippen LogP contribution < -0.4 is 10.9 Å². The highest BCUT2D eigenvalue weighted by atomic mass is 79.9. The highest BCUT2D eigenvalue weighted by Crippen LogP contribution is 2.03. The van der Waals surface area contributed by atoms with Gasteiger partial charge in [0.25, 0.3) is 0 Å². The molecule has 1 radical (unpaired) electrons. The first-order valence-electron chi connectivity index (χ1n) is 1.96. The Balaban J connectivity index is 2.18. The molecule has 0 bridgehead atoms. The Morgan fingerprint density at radius 2 is 2.67 bits per heavy atom. The summed E-state index contributed by atoms with van der Waals surface area (Å²) in [5.41, 5.74) is 6.75. The van der Waals surface area contributed by atoms with E-state index in [0.29, 0.717) is 4.95 Å². The summed E-state index contributed by atoms with van der Waals surface area (Å²) in [6.07, 6.45) is 1.12. The Bertz CT molecular complexity index is 42.1. The van der Waals surface area contributed by atoms with Gasteiger partial charge in [-0.2, -0.15) is 0 Å². The second-order valence-electron chi connectivity index (χ2n) is 1.26. The quantitative estimate of drug-likeness (QED) is 0.388. The van der Waals surface area contributed by atoms with Crippen LogP contribution in [0.25, 0.3) is 0 Å². The second-order valence-corrected chi connectivity index (χ2v) is 2.32. The lowest BCUT2D eigenvalue weighted by Gasteiger charge is -1.88. The predicted molar refractivity (Wildman–Crippen MR) is 27.5 cm³/mol. The minimum atomic E-state index is 0.373. The molecule has 0 amide bonds. The van der Waals surface area contributed by atoms with Gasteiger partial charge in [0, 0.05) is 6.54 Å². The van der Waals surface area contributed by atoms with Crippen LogP contribution >= 0.6 is 15.9 Å². The number of rotatable bonds is 0. The van der Waals surface area contributed by atoms with E-state index in [1.54, 1.807) is 0 Å². The summed E-state index contributed by atoms with van der Waals surface area (Å²) in [4.78, 5) is 0.373. The van der Waals surface area contributed by atoms with E-state index in [0.717, 1.165) is 13.0 Å². The number of nitrogens with zero attached hydrogens (tertiary/aromatic N) is 1. The van der Waals surface area contributed by atoms with Crippen LogP contribution in [0.15, 0.2) is 0 Å². The summed E-state index contributed by atoms with van der Waals surface area (Å²) in [7, 11) is 0.